The van der Waals surface area contributed by atoms with E-state index in [9.17, 15) is 26.7 Å². The maximum Gasteiger partial charge on any atom is 0.434 e. The van der Waals surface area contributed by atoms with Crippen LogP contribution in [0.15, 0.2) is 42.6 Å². The smallest absolute Gasteiger partial charge is 0.434 e. The van der Waals surface area contributed by atoms with Crippen molar-refractivity contribution in [2.75, 3.05) is 7.11 Å². The van der Waals surface area contributed by atoms with E-state index >= 15 is 0 Å². The van der Waals surface area contributed by atoms with Gasteiger partial charge in [0.25, 0.3) is 5.91 Å². The summed E-state index contributed by atoms with van der Waals surface area (Å²) in [7, 11) is 1.32. The standard InChI is InChI=1S/C19H16F5N5O3/c1-10(11-4-3-5-12(8-11)32-18(20)21)26-17(30)13-9-25-29(16(13)19(22,23)24)14-6-7-15(31-2)28-27-14/h3-10,18H,1-2H3,(H,26,30). The Morgan fingerprint density at radius 3 is 2.50 bits per heavy atom. The van der Waals surface area contributed by atoms with Crippen LogP contribution in [-0.2, 0) is 6.18 Å². The minimum Gasteiger partial charge on any atom is -0.480 e. The summed E-state index contributed by atoms with van der Waals surface area (Å²) in [5.74, 6) is -1.42. The zero-order valence-corrected chi connectivity index (χ0v) is 16.6. The maximum atomic E-state index is 13.8. The lowest BCUT2D eigenvalue weighted by Gasteiger charge is -2.16. The second-order valence-corrected chi connectivity index (χ2v) is 6.40. The number of methoxy groups -OCH3 is 1. The molecule has 0 aliphatic rings. The van der Waals surface area contributed by atoms with Crippen molar-refractivity contribution in [3.05, 3.63) is 59.4 Å². The molecule has 2 heterocycles. The van der Waals surface area contributed by atoms with Crippen molar-refractivity contribution in [3.8, 4) is 17.4 Å². The Hall–Kier alpha value is -3.77. The summed E-state index contributed by atoms with van der Waals surface area (Å²) in [6.45, 7) is -1.57. The number of aromatic nitrogens is 4. The monoisotopic (exact) mass is 457 g/mol. The number of hydrogen-bond donors (Lipinski definition) is 1. The zero-order valence-electron chi connectivity index (χ0n) is 16.6. The molecule has 0 radical (unpaired) electrons. The molecular formula is C19H16F5N5O3. The van der Waals surface area contributed by atoms with Gasteiger partial charge in [-0.15, -0.1) is 10.2 Å². The molecule has 3 rings (SSSR count). The summed E-state index contributed by atoms with van der Waals surface area (Å²) >= 11 is 0. The molecule has 2 aromatic heterocycles. The fraction of sp³-hybridized carbons (Fsp3) is 0.263. The number of nitrogens with one attached hydrogen (secondary N) is 1. The van der Waals surface area contributed by atoms with Gasteiger partial charge < -0.3 is 14.8 Å². The van der Waals surface area contributed by atoms with Crippen molar-refractivity contribution < 1.29 is 36.2 Å². The molecule has 3 aromatic rings. The van der Waals surface area contributed by atoms with E-state index in [0.29, 0.717) is 10.2 Å². The highest BCUT2D eigenvalue weighted by Crippen LogP contribution is 2.33. The zero-order chi connectivity index (χ0) is 23.5. The number of benzene rings is 1. The SMILES string of the molecule is COc1ccc(-n2ncc(C(=O)NC(C)c3cccc(OC(F)F)c3)c2C(F)(F)F)nn1. The third-order valence-electron chi connectivity index (χ3n) is 4.27. The molecule has 32 heavy (non-hydrogen) atoms. The average Bonchev–Trinajstić information content (AvgIpc) is 3.19. The average molecular weight is 457 g/mol. The second-order valence-electron chi connectivity index (χ2n) is 6.40. The highest BCUT2D eigenvalue weighted by Gasteiger charge is 2.41. The van der Waals surface area contributed by atoms with Crippen LogP contribution in [0.2, 0.25) is 0 Å². The molecule has 0 bridgehead atoms. The Morgan fingerprint density at radius 1 is 1.16 bits per heavy atom. The van der Waals surface area contributed by atoms with E-state index in [0.717, 1.165) is 6.20 Å². The van der Waals surface area contributed by atoms with Crippen LogP contribution in [0.25, 0.3) is 5.82 Å². The Labute approximate surface area is 178 Å². The summed E-state index contributed by atoms with van der Waals surface area (Å²) in [5.41, 5.74) is -1.75. The van der Waals surface area contributed by atoms with Gasteiger partial charge >= 0.3 is 12.8 Å². The molecule has 0 saturated carbocycles. The Morgan fingerprint density at radius 2 is 1.91 bits per heavy atom. The predicted molar refractivity (Wildman–Crippen MR) is 99.7 cm³/mol. The summed E-state index contributed by atoms with van der Waals surface area (Å²) in [5, 5.41) is 13.3. The van der Waals surface area contributed by atoms with Crippen molar-refractivity contribution >= 4 is 5.91 Å². The summed E-state index contributed by atoms with van der Waals surface area (Å²) < 4.78 is 75.7. The van der Waals surface area contributed by atoms with Crippen molar-refractivity contribution in [3.63, 3.8) is 0 Å². The number of carbonyl (C=O) groups excluding carboxylic acids is 1. The van der Waals surface area contributed by atoms with E-state index in [-0.39, 0.29) is 17.4 Å². The highest BCUT2D eigenvalue weighted by molar-refractivity contribution is 5.95. The number of alkyl halides is 5. The minimum atomic E-state index is -4.95. The lowest BCUT2D eigenvalue weighted by molar-refractivity contribution is -0.143. The molecule has 0 fully saturated rings. The molecular weight excluding hydrogens is 441 g/mol. The van der Waals surface area contributed by atoms with Gasteiger partial charge in [0.1, 0.15) is 5.75 Å². The van der Waals surface area contributed by atoms with E-state index in [2.05, 4.69) is 25.3 Å². The Kier molecular flexibility index (Phi) is 6.55. The molecule has 0 aliphatic heterocycles. The van der Waals surface area contributed by atoms with Crippen LogP contribution < -0.4 is 14.8 Å². The van der Waals surface area contributed by atoms with Crippen molar-refractivity contribution in [1.29, 1.82) is 0 Å². The molecule has 8 nitrogen and oxygen atoms in total. The first-order chi connectivity index (χ1) is 15.1. The van der Waals surface area contributed by atoms with E-state index in [1.807, 2.05) is 0 Å². The van der Waals surface area contributed by atoms with E-state index in [1.165, 1.54) is 50.4 Å². The molecule has 13 heteroatoms. The molecule has 1 atom stereocenters. The fourth-order valence-electron chi connectivity index (χ4n) is 2.81. The van der Waals surface area contributed by atoms with Gasteiger partial charge in [-0.05, 0) is 30.7 Å². The molecule has 0 spiro atoms. The van der Waals surface area contributed by atoms with Crippen LogP contribution in [0.1, 0.15) is 34.6 Å². The van der Waals surface area contributed by atoms with E-state index < -0.39 is 36.0 Å². The van der Waals surface area contributed by atoms with Crippen LogP contribution in [-0.4, -0.2) is 39.6 Å². The van der Waals surface area contributed by atoms with Crippen LogP contribution in [0.5, 0.6) is 11.6 Å². The Bertz CT molecular complexity index is 1090. The van der Waals surface area contributed by atoms with E-state index in [1.54, 1.807) is 0 Å². The van der Waals surface area contributed by atoms with Gasteiger partial charge in [-0.3, -0.25) is 4.79 Å². The van der Waals surface area contributed by atoms with Gasteiger partial charge in [0.05, 0.1) is 24.9 Å². The number of hydrogen-bond acceptors (Lipinski definition) is 6. The first kappa shape index (κ1) is 22.9. The van der Waals surface area contributed by atoms with Gasteiger partial charge in [-0.25, -0.2) is 4.68 Å². The minimum absolute atomic E-state index is 0.0827. The quantitative estimate of drug-likeness (QED) is 0.543. The first-order valence-corrected chi connectivity index (χ1v) is 8.99. The van der Waals surface area contributed by atoms with Gasteiger partial charge in [0, 0.05) is 6.07 Å². The van der Waals surface area contributed by atoms with Crippen LogP contribution >= 0.6 is 0 Å². The lowest BCUT2D eigenvalue weighted by atomic mass is 10.1. The Balaban J connectivity index is 1.89. The fourth-order valence-corrected chi connectivity index (χ4v) is 2.81. The van der Waals surface area contributed by atoms with E-state index in [4.69, 9.17) is 4.74 Å². The third-order valence-corrected chi connectivity index (χ3v) is 4.27. The highest BCUT2D eigenvalue weighted by atomic mass is 19.4. The topological polar surface area (TPSA) is 91.2 Å². The summed E-state index contributed by atoms with van der Waals surface area (Å²) in [6.07, 6.45) is -4.19. The predicted octanol–water partition coefficient (Wildman–Crippen LogP) is 3.78. The molecule has 1 N–H and O–H groups in total. The lowest BCUT2D eigenvalue weighted by Crippen LogP contribution is -2.29. The van der Waals surface area contributed by atoms with Crippen molar-refractivity contribution in [1.82, 2.24) is 25.3 Å². The number of rotatable bonds is 7. The second kappa shape index (κ2) is 9.16. The largest absolute Gasteiger partial charge is 0.480 e. The maximum absolute atomic E-state index is 13.8. The molecule has 170 valence electrons. The first-order valence-electron chi connectivity index (χ1n) is 8.99. The molecule has 1 aromatic carbocycles. The van der Waals surface area contributed by atoms with Gasteiger partial charge in [-0.2, -0.15) is 27.1 Å². The van der Waals surface area contributed by atoms with Gasteiger partial charge in [0.15, 0.2) is 11.5 Å². The number of ether oxygens (including phenoxy) is 2. The number of nitrogens with zero attached hydrogens (tertiary/aromatic N) is 4. The van der Waals surface area contributed by atoms with Crippen LogP contribution in [0.3, 0.4) is 0 Å². The van der Waals surface area contributed by atoms with Crippen molar-refractivity contribution in [2.45, 2.75) is 25.8 Å². The molecule has 1 unspecified atom stereocenters. The van der Waals surface area contributed by atoms with Gasteiger partial charge in [-0.1, -0.05) is 12.1 Å². The number of amides is 1. The van der Waals surface area contributed by atoms with Gasteiger partial charge in [0.2, 0.25) is 5.88 Å². The normalized spacial score (nSPS) is 12.5. The molecule has 1 amide bonds. The van der Waals surface area contributed by atoms with Crippen LogP contribution in [0, 0.1) is 0 Å². The molecule has 0 saturated heterocycles. The molecule has 0 aliphatic carbocycles. The van der Waals surface area contributed by atoms with Crippen molar-refractivity contribution in [2.24, 2.45) is 0 Å². The third kappa shape index (κ3) is 5.10. The number of halogens is 5. The van der Waals surface area contributed by atoms with Crippen LogP contribution in [0.4, 0.5) is 22.0 Å². The summed E-state index contributed by atoms with van der Waals surface area (Å²) in [4.78, 5) is 12.6. The summed E-state index contributed by atoms with van der Waals surface area (Å²) in [6, 6.07) is 7.12. The number of carbonyl (C=O) groups is 1.